The Bertz CT molecular complexity index is 752. The van der Waals surface area contributed by atoms with Gasteiger partial charge in [-0.15, -0.1) is 0 Å². The van der Waals surface area contributed by atoms with E-state index in [0.717, 1.165) is 57.3 Å². The fourth-order valence-electron chi connectivity index (χ4n) is 3.56. The van der Waals surface area contributed by atoms with Crippen molar-refractivity contribution in [1.82, 2.24) is 34.9 Å². The predicted octanol–water partition coefficient (Wildman–Crippen LogP) is 0.478. The molecule has 0 radical (unpaired) electrons. The molecule has 4 rings (SSSR count). The van der Waals surface area contributed by atoms with Gasteiger partial charge in [0.2, 0.25) is 11.9 Å². The summed E-state index contributed by atoms with van der Waals surface area (Å²) >= 11 is 0. The van der Waals surface area contributed by atoms with Crippen LogP contribution in [0.3, 0.4) is 0 Å². The third-order valence-corrected chi connectivity index (χ3v) is 5.21. The maximum Gasteiger partial charge on any atom is 0.234 e. The molecule has 1 atom stereocenters. The first-order chi connectivity index (χ1) is 13.2. The van der Waals surface area contributed by atoms with Crippen molar-refractivity contribution in [1.29, 1.82) is 0 Å². The minimum Gasteiger partial charge on any atom is -0.345 e. The molecule has 1 saturated heterocycles. The molecule has 1 N–H and O–H groups in total. The van der Waals surface area contributed by atoms with Gasteiger partial charge in [-0.3, -0.25) is 9.69 Å². The molecule has 0 spiro atoms. The van der Waals surface area contributed by atoms with Crippen LogP contribution in [0.15, 0.2) is 24.8 Å². The average molecular weight is 370 g/mol. The lowest BCUT2D eigenvalue weighted by Gasteiger charge is -2.34. The quantitative estimate of drug-likeness (QED) is 0.758. The van der Waals surface area contributed by atoms with Crippen LogP contribution in [-0.4, -0.2) is 68.3 Å². The summed E-state index contributed by atoms with van der Waals surface area (Å²) in [5.74, 6) is 2.17. The molecule has 3 heterocycles. The monoisotopic (exact) mass is 370 g/mol. The second kappa shape index (κ2) is 7.99. The SMILES string of the molecule is CCn1ncnc1C(NC(=O)CN1CCN(c2ncccn2)CC1)C1CC1. The molecule has 0 bridgehead atoms. The van der Waals surface area contributed by atoms with Crippen molar-refractivity contribution >= 4 is 11.9 Å². The first kappa shape index (κ1) is 17.8. The molecule has 1 aliphatic carbocycles. The van der Waals surface area contributed by atoms with Crippen LogP contribution in [-0.2, 0) is 11.3 Å². The zero-order valence-electron chi connectivity index (χ0n) is 15.7. The molecular weight excluding hydrogens is 344 g/mol. The summed E-state index contributed by atoms with van der Waals surface area (Å²) in [5, 5.41) is 7.46. The molecule has 2 aromatic rings. The molecule has 2 aliphatic rings. The molecule has 2 aromatic heterocycles. The third kappa shape index (κ3) is 4.24. The highest BCUT2D eigenvalue weighted by Gasteiger charge is 2.36. The van der Waals surface area contributed by atoms with Gasteiger partial charge in [0.25, 0.3) is 0 Å². The van der Waals surface area contributed by atoms with E-state index >= 15 is 0 Å². The van der Waals surface area contributed by atoms with Crippen LogP contribution in [0.4, 0.5) is 5.95 Å². The fraction of sp³-hybridized carbons (Fsp3) is 0.611. The van der Waals surface area contributed by atoms with Crippen LogP contribution in [0.1, 0.15) is 31.6 Å². The number of hydrogen-bond donors (Lipinski definition) is 1. The molecule has 9 heteroatoms. The number of aryl methyl sites for hydroxylation is 1. The van der Waals surface area contributed by atoms with E-state index in [9.17, 15) is 4.79 Å². The zero-order chi connectivity index (χ0) is 18.6. The first-order valence-corrected chi connectivity index (χ1v) is 9.66. The third-order valence-electron chi connectivity index (χ3n) is 5.21. The topological polar surface area (TPSA) is 92.1 Å². The van der Waals surface area contributed by atoms with Crippen LogP contribution in [0.2, 0.25) is 0 Å². The number of piperazine rings is 1. The lowest BCUT2D eigenvalue weighted by Crippen LogP contribution is -2.50. The summed E-state index contributed by atoms with van der Waals surface area (Å²) in [4.78, 5) is 30.0. The summed E-state index contributed by atoms with van der Waals surface area (Å²) in [6.45, 7) is 6.52. The van der Waals surface area contributed by atoms with Gasteiger partial charge in [0, 0.05) is 45.1 Å². The fourth-order valence-corrected chi connectivity index (χ4v) is 3.56. The van der Waals surface area contributed by atoms with Crippen LogP contribution in [0, 0.1) is 5.92 Å². The molecule has 1 amide bonds. The van der Waals surface area contributed by atoms with Gasteiger partial charge < -0.3 is 10.2 Å². The van der Waals surface area contributed by atoms with Crippen molar-refractivity contribution in [2.75, 3.05) is 37.6 Å². The van der Waals surface area contributed by atoms with Crippen molar-refractivity contribution in [2.24, 2.45) is 5.92 Å². The Morgan fingerprint density at radius 2 is 1.93 bits per heavy atom. The van der Waals surface area contributed by atoms with Gasteiger partial charge in [-0.2, -0.15) is 5.10 Å². The van der Waals surface area contributed by atoms with Crippen molar-refractivity contribution in [3.05, 3.63) is 30.6 Å². The van der Waals surface area contributed by atoms with Crippen LogP contribution in [0.25, 0.3) is 0 Å². The summed E-state index contributed by atoms with van der Waals surface area (Å²) < 4.78 is 1.88. The molecule has 1 aliphatic heterocycles. The lowest BCUT2D eigenvalue weighted by atomic mass is 10.1. The second-order valence-electron chi connectivity index (χ2n) is 7.13. The van der Waals surface area contributed by atoms with E-state index in [-0.39, 0.29) is 11.9 Å². The van der Waals surface area contributed by atoms with Crippen molar-refractivity contribution in [3.8, 4) is 0 Å². The van der Waals surface area contributed by atoms with Gasteiger partial charge in [0.05, 0.1) is 12.6 Å². The summed E-state index contributed by atoms with van der Waals surface area (Å²) in [5.41, 5.74) is 0. The summed E-state index contributed by atoms with van der Waals surface area (Å²) in [7, 11) is 0. The summed E-state index contributed by atoms with van der Waals surface area (Å²) in [6, 6.07) is 1.79. The largest absolute Gasteiger partial charge is 0.345 e. The van der Waals surface area contributed by atoms with Gasteiger partial charge >= 0.3 is 0 Å². The molecule has 144 valence electrons. The van der Waals surface area contributed by atoms with Gasteiger partial charge in [-0.25, -0.2) is 19.6 Å². The van der Waals surface area contributed by atoms with E-state index in [1.165, 1.54) is 0 Å². The summed E-state index contributed by atoms with van der Waals surface area (Å²) in [6.07, 6.45) is 7.37. The molecule has 1 saturated carbocycles. The Morgan fingerprint density at radius 1 is 1.19 bits per heavy atom. The number of aromatic nitrogens is 5. The molecule has 9 nitrogen and oxygen atoms in total. The number of anilines is 1. The molecule has 27 heavy (non-hydrogen) atoms. The highest BCUT2D eigenvalue weighted by atomic mass is 16.2. The minimum absolute atomic E-state index is 0.0287. The Morgan fingerprint density at radius 3 is 2.59 bits per heavy atom. The van der Waals surface area contributed by atoms with Gasteiger partial charge in [-0.05, 0) is 31.7 Å². The van der Waals surface area contributed by atoms with Crippen LogP contribution >= 0.6 is 0 Å². The first-order valence-electron chi connectivity index (χ1n) is 9.66. The maximum atomic E-state index is 12.7. The second-order valence-corrected chi connectivity index (χ2v) is 7.13. The number of rotatable bonds is 7. The number of carbonyl (C=O) groups is 1. The number of nitrogens with zero attached hydrogens (tertiary/aromatic N) is 7. The molecular formula is C18H26N8O. The van der Waals surface area contributed by atoms with Crippen molar-refractivity contribution < 1.29 is 4.79 Å². The Labute approximate surface area is 158 Å². The highest BCUT2D eigenvalue weighted by Crippen LogP contribution is 2.40. The van der Waals surface area contributed by atoms with Gasteiger partial charge in [-0.1, -0.05) is 0 Å². The molecule has 1 unspecified atom stereocenters. The number of nitrogens with one attached hydrogen (secondary N) is 1. The highest BCUT2D eigenvalue weighted by molar-refractivity contribution is 5.78. The molecule has 0 aromatic carbocycles. The van der Waals surface area contributed by atoms with Gasteiger partial charge in [0.1, 0.15) is 12.2 Å². The average Bonchev–Trinajstić information content (AvgIpc) is 3.44. The smallest absolute Gasteiger partial charge is 0.234 e. The van der Waals surface area contributed by atoms with E-state index in [0.29, 0.717) is 12.5 Å². The van der Waals surface area contributed by atoms with E-state index < -0.39 is 0 Å². The van der Waals surface area contributed by atoms with E-state index in [1.807, 2.05) is 17.7 Å². The number of amides is 1. The van der Waals surface area contributed by atoms with Gasteiger partial charge in [0.15, 0.2) is 0 Å². The Balaban J connectivity index is 1.30. The minimum atomic E-state index is -0.0287. The van der Waals surface area contributed by atoms with Crippen LogP contribution < -0.4 is 10.2 Å². The van der Waals surface area contributed by atoms with Crippen LogP contribution in [0.5, 0.6) is 0 Å². The standard InChI is InChI=1S/C18H26N8O/c1-2-26-17(21-13-22-26)16(14-4-5-14)23-15(27)12-24-8-10-25(11-9-24)18-19-6-3-7-20-18/h3,6-7,13-14,16H,2,4-5,8-12H2,1H3,(H,23,27). The zero-order valence-corrected chi connectivity index (χ0v) is 15.7. The molecule has 2 fully saturated rings. The number of hydrogen-bond acceptors (Lipinski definition) is 7. The lowest BCUT2D eigenvalue weighted by molar-refractivity contribution is -0.123. The Hall–Kier alpha value is -2.55. The Kier molecular flexibility index (Phi) is 5.28. The normalized spacial score (nSPS) is 19.1. The van der Waals surface area contributed by atoms with Crippen molar-refractivity contribution in [2.45, 2.75) is 32.4 Å². The van der Waals surface area contributed by atoms with E-state index in [2.05, 4.69) is 35.2 Å². The van der Waals surface area contributed by atoms with Crippen molar-refractivity contribution in [3.63, 3.8) is 0 Å². The maximum absolute atomic E-state index is 12.7. The van der Waals surface area contributed by atoms with E-state index in [4.69, 9.17) is 0 Å². The predicted molar refractivity (Wildman–Crippen MR) is 100.0 cm³/mol. The van der Waals surface area contributed by atoms with E-state index in [1.54, 1.807) is 18.7 Å². The number of carbonyl (C=O) groups excluding carboxylic acids is 1.